The quantitative estimate of drug-likeness (QED) is 0.793. The summed E-state index contributed by atoms with van der Waals surface area (Å²) in [4.78, 5) is 37.1. The second-order valence-corrected chi connectivity index (χ2v) is 6.45. The third-order valence-corrected chi connectivity index (χ3v) is 4.36. The van der Waals surface area contributed by atoms with Crippen LogP contribution in [0.2, 0.25) is 0 Å². The van der Waals surface area contributed by atoms with Crippen molar-refractivity contribution in [3.05, 3.63) is 0 Å². The molecule has 2 aliphatic rings. The van der Waals surface area contributed by atoms with E-state index in [0.29, 0.717) is 12.8 Å². The number of rotatable bonds is 3. The summed E-state index contributed by atoms with van der Waals surface area (Å²) in [5, 5.41) is 9.14. The normalized spacial score (nSPS) is 25.7. The number of hydrogen-bond donors (Lipinski definition) is 1. The number of nitrogens with zero attached hydrogens (tertiary/aromatic N) is 1. The molecule has 0 aromatic rings. The molecule has 0 aromatic heterocycles. The number of carbonyl (C=O) groups excluding carboxylic acids is 2. The average Bonchev–Trinajstić information content (AvgIpc) is 2.48. The molecule has 1 saturated heterocycles. The Morgan fingerprint density at radius 3 is 2.21 bits per heavy atom. The zero-order valence-electron chi connectivity index (χ0n) is 11.6. The van der Waals surface area contributed by atoms with Crippen LogP contribution in [-0.4, -0.2) is 33.3 Å². The zero-order valence-corrected chi connectivity index (χ0v) is 11.6. The summed E-state index contributed by atoms with van der Waals surface area (Å²) in [5.41, 5.74) is -1.48. The van der Waals surface area contributed by atoms with E-state index >= 15 is 0 Å². The van der Waals surface area contributed by atoms with E-state index in [1.165, 1.54) is 4.90 Å². The second-order valence-electron chi connectivity index (χ2n) is 6.45. The van der Waals surface area contributed by atoms with E-state index < -0.39 is 16.9 Å². The van der Waals surface area contributed by atoms with E-state index in [9.17, 15) is 14.4 Å². The molecule has 1 N–H and O–H groups in total. The predicted octanol–water partition coefficient (Wildman–Crippen LogP) is 1.95. The largest absolute Gasteiger partial charge is 0.481 e. The van der Waals surface area contributed by atoms with Gasteiger partial charge in [-0.1, -0.05) is 33.1 Å². The molecule has 2 amide bonds. The third-order valence-electron chi connectivity index (χ3n) is 4.36. The van der Waals surface area contributed by atoms with Crippen molar-refractivity contribution in [3.63, 3.8) is 0 Å². The standard InChI is InChI=1S/C14H21NO4/c1-13(2)8-10(16)15(12(13)19)14(9-11(17)18)6-4-3-5-7-14/h3-9H2,1-2H3,(H,17,18). The first kappa shape index (κ1) is 14.0. The van der Waals surface area contributed by atoms with Gasteiger partial charge in [-0.05, 0) is 12.8 Å². The van der Waals surface area contributed by atoms with Crippen molar-refractivity contribution in [2.24, 2.45) is 5.41 Å². The Labute approximate surface area is 113 Å². The van der Waals surface area contributed by atoms with E-state index in [1.807, 2.05) is 0 Å². The first-order chi connectivity index (χ1) is 8.78. The lowest BCUT2D eigenvalue weighted by Gasteiger charge is -2.43. The maximum absolute atomic E-state index is 12.4. The lowest BCUT2D eigenvalue weighted by molar-refractivity contribution is -0.153. The van der Waals surface area contributed by atoms with Crippen LogP contribution in [0.1, 0.15) is 58.8 Å². The maximum Gasteiger partial charge on any atom is 0.305 e. The number of imide groups is 1. The molecule has 0 radical (unpaired) electrons. The highest BCUT2D eigenvalue weighted by molar-refractivity contribution is 6.06. The molecule has 5 nitrogen and oxygen atoms in total. The molecule has 2 rings (SSSR count). The molecular weight excluding hydrogens is 246 g/mol. The Balaban J connectivity index is 2.35. The first-order valence-corrected chi connectivity index (χ1v) is 6.88. The number of carboxylic acids is 1. The van der Waals surface area contributed by atoms with Gasteiger partial charge in [-0.3, -0.25) is 19.3 Å². The molecule has 1 aliphatic heterocycles. The molecule has 19 heavy (non-hydrogen) atoms. The lowest BCUT2D eigenvalue weighted by atomic mass is 9.77. The molecule has 0 unspecified atom stereocenters. The van der Waals surface area contributed by atoms with Crippen LogP contribution in [0.5, 0.6) is 0 Å². The summed E-state index contributed by atoms with van der Waals surface area (Å²) in [7, 11) is 0. The van der Waals surface area contributed by atoms with Gasteiger partial charge in [0.05, 0.1) is 17.4 Å². The highest BCUT2D eigenvalue weighted by atomic mass is 16.4. The number of likely N-dealkylation sites (tertiary alicyclic amines) is 1. The average molecular weight is 267 g/mol. The van der Waals surface area contributed by atoms with Gasteiger partial charge in [0.2, 0.25) is 11.8 Å². The van der Waals surface area contributed by atoms with E-state index in [-0.39, 0.29) is 24.7 Å². The summed E-state index contributed by atoms with van der Waals surface area (Å²) >= 11 is 0. The van der Waals surface area contributed by atoms with Gasteiger partial charge in [-0.2, -0.15) is 0 Å². The van der Waals surface area contributed by atoms with Crippen LogP contribution in [-0.2, 0) is 14.4 Å². The Bertz CT molecular complexity index is 421. The lowest BCUT2D eigenvalue weighted by Crippen LogP contribution is -2.54. The van der Waals surface area contributed by atoms with Crippen molar-refractivity contribution in [1.82, 2.24) is 4.90 Å². The number of carbonyl (C=O) groups is 3. The Morgan fingerprint density at radius 2 is 1.79 bits per heavy atom. The van der Waals surface area contributed by atoms with Crippen molar-refractivity contribution >= 4 is 17.8 Å². The van der Waals surface area contributed by atoms with Crippen LogP contribution in [0, 0.1) is 5.41 Å². The van der Waals surface area contributed by atoms with E-state index in [2.05, 4.69) is 0 Å². The fourth-order valence-electron chi connectivity index (χ4n) is 3.40. The van der Waals surface area contributed by atoms with Crippen molar-refractivity contribution in [2.75, 3.05) is 0 Å². The molecule has 5 heteroatoms. The van der Waals surface area contributed by atoms with Crippen molar-refractivity contribution < 1.29 is 19.5 Å². The summed E-state index contributed by atoms with van der Waals surface area (Å²) in [6.07, 6.45) is 4.10. The highest BCUT2D eigenvalue weighted by Gasteiger charge is 2.54. The molecule has 1 heterocycles. The van der Waals surface area contributed by atoms with Gasteiger partial charge in [0.25, 0.3) is 0 Å². The van der Waals surface area contributed by atoms with E-state index in [1.54, 1.807) is 13.8 Å². The van der Waals surface area contributed by atoms with Gasteiger partial charge in [-0.15, -0.1) is 0 Å². The number of carboxylic acid groups (broad SMARTS) is 1. The van der Waals surface area contributed by atoms with Gasteiger partial charge in [-0.25, -0.2) is 0 Å². The Hall–Kier alpha value is -1.39. The molecule has 1 aliphatic carbocycles. The number of amides is 2. The smallest absolute Gasteiger partial charge is 0.305 e. The molecule has 2 fully saturated rings. The second kappa shape index (κ2) is 4.62. The third kappa shape index (κ3) is 2.38. The van der Waals surface area contributed by atoms with Gasteiger partial charge in [0.15, 0.2) is 0 Å². The molecule has 106 valence electrons. The molecule has 1 saturated carbocycles. The van der Waals surface area contributed by atoms with Crippen molar-refractivity contribution in [1.29, 1.82) is 0 Å². The Kier molecular flexibility index (Phi) is 3.41. The van der Waals surface area contributed by atoms with Crippen molar-refractivity contribution in [3.8, 4) is 0 Å². The minimum Gasteiger partial charge on any atom is -0.481 e. The van der Waals surface area contributed by atoms with Gasteiger partial charge >= 0.3 is 5.97 Å². The molecule has 0 bridgehead atoms. The van der Waals surface area contributed by atoms with Crippen LogP contribution in [0.25, 0.3) is 0 Å². The fraction of sp³-hybridized carbons (Fsp3) is 0.786. The summed E-state index contributed by atoms with van der Waals surface area (Å²) in [5.74, 6) is -1.36. The van der Waals surface area contributed by atoms with Crippen LogP contribution in [0.3, 0.4) is 0 Å². The molecule has 0 atom stereocenters. The maximum atomic E-state index is 12.4. The van der Waals surface area contributed by atoms with Crippen LogP contribution in [0.15, 0.2) is 0 Å². The molecule has 0 aromatic carbocycles. The first-order valence-electron chi connectivity index (χ1n) is 6.88. The van der Waals surface area contributed by atoms with Crippen LogP contribution >= 0.6 is 0 Å². The predicted molar refractivity (Wildman–Crippen MR) is 68.3 cm³/mol. The highest BCUT2D eigenvalue weighted by Crippen LogP contribution is 2.43. The van der Waals surface area contributed by atoms with E-state index in [0.717, 1.165) is 19.3 Å². The van der Waals surface area contributed by atoms with Crippen molar-refractivity contribution in [2.45, 2.75) is 64.3 Å². The van der Waals surface area contributed by atoms with Gasteiger partial charge in [0, 0.05) is 6.42 Å². The van der Waals surface area contributed by atoms with Gasteiger partial charge in [0.1, 0.15) is 0 Å². The minimum atomic E-state index is -0.938. The summed E-state index contributed by atoms with van der Waals surface area (Å²) in [6.45, 7) is 3.51. The summed E-state index contributed by atoms with van der Waals surface area (Å²) in [6, 6.07) is 0. The van der Waals surface area contributed by atoms with E-state index in [4.69, 9.17) is 5.11 Å². The van der Waals surface area contributed by atoms with Crippen LogP contribution < -0.4 is 0 Å². The monoisotopic (exact) mass is 267 g/mol. The summed E-state index contributed by atoms with van der Waals surface area (Å²) < 4.78 is 0. The Morgan fingerprint density at radius 1 is 1.21 bits per heavy atom. The van der Waals surface area contributed by atoms with Gasteiger partial charge < -0.3 is 5.11 Å². The van der Waals surface area contributed by atoms with Crippen LogP contribution in [0.4, 0.5) is 0 Å². The minimum absolute atomic E-state index is 0.124. The fourth-order valence-corrected chi connectivity index (χ4v) is 3.40. The zero-order chi connectivity index (χ0) is 14.3. The molecular formula is C14H21NO4. The molecule has 0 spiro atoms. The number of aliphatic carboxylic acids is 1. The number of hydrogen-bond acceptors (Lipinski definition) is 3. The topological polar surface area (TPSA) is 74.7 Å². The SMILES string of the molecule is CC1(C)CC(=O)N(C2(CC(=O)O)CCCCC2)C1=O.